The molecule has 2 aliphatic heterocycles. The van der Waals surface area contributed by atoms with Gasteiger partial charge in [-0.15, -0.1) is 0 Å². The number of hydrogen-bond donors (Lipinski definition) is 9. The maximum atomic E-state index is 13.4. The summed E-state index contributed by atoms with van der Waals surface area (Å²) in [6, 6.07) is -0.917. The second-order valence-electron chi connectivity index (χ2n) is 30.3. The quantitative estimate of drug-likeness (QED) is 0.0204. The highest BCUT2D eigenvalue weighted by molar-refractivity contribution is 5.76. The van der Waals surface area contributed by atoms with Crippen LogP contribution in [-0.2, 0) is 23.7 Å². The molecule has 9 N–H and O–H groups in total. The molecule has 2 rings (SSSR count). The van der Waals surface area contributed by atoms with Gasteiger partial charge >= 0.3 is 0 Å². The fourth-order valence-electron chi connectivity index (χ4n) is 14.2. The highest BCUT2D eigenvalue weighted by atomic mass is 16.7. The van der Waals surface area contributed by atoms with E-state index >= 15 is 0 Å². The lowest BCUT2D eigenvalue weighted by Crippen LogP contribution is -2.65. The summed E-state index contributed by atoms with van der Waals surface area (Å²) in [4.78, 5) is 13.4. The number of aliphatic hydroxyl groups is 8. The molecule has 0 saturated carbocycles. The highest BCUT2D eigenvalue weighted by Crippen LogP contribution is 2.30. The summed E-state index contributed by atoms with van der Waals surface area (Å²) in [5, 5.41) is 87.8. The van der Waals surface area contributed by atoms with E-state index in [0.29, 0.717) is 6.42 Å². The molecule has 0 bridgehead atoms. The van der Waals surface area contributed by atoms with Crippen LogP contribution in [0.3, 0.4) is 0 Å². The predicted molar refractivity (Wildman–Crippen MR) is 420 cm³/mol. The zero-order valence-corrected chi connectivity index (χ0v) is 65.2. The first-order chi connectivity index (χ1) is 49.6. The van der Waals surface area contributed by atoms with Crippen LogP contribution in [-0.4, -0.2) is 140 Å². The van der Waals surface area contributed by atoms with Crippen molar-refractivity contribution in [3.05, 3.63) is 60.8 Å². The van der Waals surface area contributed by atoms with Crippen LogP contribution in [0.5, 0.6) is 0 Å². The number of amides is 1. The third-order valence-electron chi connectivity index (χ3n) is 21.0. The Morgan fingerprint density at radius 3 is 1.05 bits per heavy atom. The SMILES string of the molecule is CC/C=C\C/C=C\C/C=C\C/C=C\CCCCCCCCCCCCCCCCCCCCCCCCC(=O)NC(COC1OC(CO)C(OC2OC(CO)C(O)C(O)C2O)C(O)C1O)C(O)/C=C/CCCCCCCCCCCCCCCCCCCCCCCCCCCCCCCC. The Morgan fingerprint density at radius 2 is 0.683 bits per heavy atom. The van der Waals surface area contributed by atoms with Crippen molar-refractivity contribution in [2.24, 2.45) is 0 Å². The number of allylic oxidation sites excluding steroid dienone is 9. The summed E-state index contributed by atoms with van der Waals surface area (Å²) in [5.74, 6) is -0.232. The van der Waals surface area contributed by atoms with Crippen molar-refractivity contribution in [1.29, 1.82) is 0 Å². The van der Waals surface area contributed by atoms with E-state index in [1.165, 1.54) is 302 Å². The van der Waals surface area contributed by atoms with E-state index in [1.54, 1.807) is 6.08 Å². The summed E-state index contributed by atoms with van der Waals surface area (Å²) in [6.45, 7) is 2.75. The molecule has 592 valence electrons. The van der Waals surface area contributed by atoms with Crippen molar-refractivity contribution < 1.29 is 64.6 Å². The van der Waals surface area contributed by atoms with Crippen molar-refractivity contribution in [3.8, 4) is 0 Å². The molecule has 2 heterocycles. The summed E-state index contributed by atoms with van der Waals surface area (Å²) in [5.41, 5.74) is 0. The van der Waals surface area contributed by atoms with Gasteiger partial charge in [0, 0.05) is 6.42 Å². The molecule has 0 aromatic rings. The van der Waals surface area contributed by atoms with Crippen molar-refractivity contribution in [2.45, 2.75) is 466 Å². The molecule has 1 amide bonds. The summed E-state index contributed by atoms with van der Waals surface area (Å²) in [6.07, 6.45) is 80.4. The lowest BCUT2D eigenvalue weighted by atomic mass is 9.97. The van der Waals surface area contributed by atoms with Crippen LogP contribution in [0.25, 0.3) is 0 Å². The van der Waals surface area contributed by atoms with Crippen LogP contribution in [0, 0.1) is 0 Å². The highest BCUT2D eigenvalue weighted by Gasteiger charge is 2.51. The molecular formula is C87H161NO13. The molecule has 2 saturated heterocycles. The molecule has 12 unspecified atom stereocenters. The Kier molecular flexibility index (Phi) is 66.3. The number of hydrogen-bond acceptors (Lipinski definition) is 13. The number of carbonyl (C=O) groups is 1. The van der Waals surface area contributed by atoms with Crippen LogP contribution in [0.4, 0.5) is 0 Å². The smallest absolute Gasteiger partial charge is 0.220 e. The van der Waals surface area contributed by atoms with Crippen molar-refractivity contribution in [1.82, 2.24) is 5.32 Å². The second-order valence-corrected chi connectivity index (χ2v) is 30.3. The Morgan fingerprint density at radius 1 is 0.366 bits per heavy atom. The molecule has 0 aromatic carbocycles. The molecule has 101 heavy (non-hydrogen) atoms. The standard InChI is InChI=1S/C87H161NO13/c1-3-5-7-9-11-13-15-17-19-21-23-25-27-29-31-33-35-37-38-39-41-43-45-47-49-51-53-55-57-59-61-63-65-67-69-71-79(92)88-75(74-98-86-84(97)82(95)85(78(73-90)100-86)101-87-83(96)81(94)80(93)77(72-89)99-87)76(91)70-68-66-64-62-60-58-56-54-52-50-48-46-44-42-40-36-34-32-30-28-26-24-22-20-18-16-14-12-10-8-6-4-2/h5,7,11,13,17,19,23,25,68,70,75-78,80-87,89-91,93-97H,3-4,6,8-10,12,14-16,18,20-22,24,26-67,69,71-74H2,1-2H3,(H,88,92)/b7-5-,13-11-,19-17-,25-23-,70-68+. The lowest BCUT2D eigenvalue weighted by molar-refractivity contribution is -0.359. The minimum Gasteiger partial charge on any atom is -0.394 e. The molecule has 2 aliphatic rings. The number of rotatable bonds is 73. The monoisotopic (exact) mass is 1430 g/mol. The molecule has 14 nitrogen and oxygen atoms in total. The number of unbranched alkanes of at least 4 members (excludes halogenated alkanes) is 52. The third kappa shape index (κ3) is 53.2. The van der Waals surface area contributed by atoms with E-state index in [4.69, 9.17) is 18.9 Å². The number of nitrogens with one attached hydrogen (secondary N) is 1. The van der Waals surface area contributed by atoms with Gasteiger partial charge in [0.1, 0.15) is 48.8 Å². The lowest BCUT2D eigenvalue weighted by Gasteiger charge is -2.46. The molecule has 0 spiro atoms. The Balaban J connectivity index is 1.58. The maximum absolute atomic E-state index is 13.4. The van der Waals surface area contributed by atoms with Gasteiger partial charge in [0.05, 0.1) is 32.0 Å². The van der Waals surface area contributed by atoms with E-state index in [9.17, 15) is 45.6 Å². The van der Waals surface area contributed by atoms with Crippen LogP contribution in [0.15, 0.2) is 60.8 Å². The van der Waals surface area contributed by atoms with Gasteiger partial charge in [-0.1, -0.05) is 389 Å². The van der Waals surface area contributed by atoms with Gasteiger partial charge < -0.3 is 65.1 Å². The molecule has 2 fully saturated rings. The first-order valence-corrected chi connectivity index (χ1v) is 43.0. The van der Waals surface area contributed by atoms with Gasteiger partial charge in [-0.3, -0.25) is 4.79 Å². The molecule has 14 heteroatoms. The van der Waals surface area contributed by atoms with Crippen LogP contribution in [0.1, 0.15) is 393 Å². The van der Waals surface area contributed by atoms with Crippen LogP contribution < -0.4 is 5.32 Å². The van der Waals surface area contributed by atoms with Gasteiger partial charge in [-0.05, 0) is 57.8 Å². The van der Waals surface area contributed by atoms with E-state index in [0.717, 1.165) is 64.2 Å². The average Bonchev–Trinajstić information content (AvgIpc) is 0.791. The van der Waals surface area contributed by atoms with Crippen LogP contribution in [0.2, 0.25) is 0 Å². The first kappa shape index (κ1) is 94.8. The summed E-state index contributed by atoms with van der Waals surface area (Å²) >= 11 is 0. The second kappa shape index (κ2) is 70.7. The molecular weight excluding hydrogens is 1270 g/mol. The molecule has 12 atom stereocenters. The fourth-order valence-corrected chi connectivity index (χ4v) is 14.2. The van der Waals surface area contributed by atoms with E-state index < -0.39 is 86.8 Å². The van der Waals surface area contributed by atoms with E-state index in [1.807, 2.05) is 6.08 Å². The van der Waals surface area contributed by atoms with Gasteiger partial charge in [0.15, 0.2) is 12.6 Å². The number of ether oxygens (including phenoxy) is 4. The third-order valence-corrected chi connectivity index (χ3v) is 21.0. The van der Waals surface area contributed by atoms with Crippen molar-refractivity contribution >= 4 is 5.91 Å². The largest absolute Gasteiger partial charge is 0.394 e. The van der Waals surface area contributed by atoms with E-state index in [2.05, 4.69) is 67.8 Å². The fraction of sp³-hybridized carbons (Fsp3) is 0.874. The average molecular weight is 1430 g/mol. The van der Waals surface area contributed by atoms with Gasteiger partial charge in [-0.2, -0.15) is 0 Å². The zero-order chi connectivity index (χ0) is 73.0. The molecule has 0 radical (unpaired) electrons. The minimum absolute atomic E-state index is 0.232. The molecule has 0 aliphatic carbocycles. The Hall–Kier alpha value is -2.31. The topological polar surface area (TPSA) is 228 Å². The summed E-state index contributed by atoms with van der Waals surface area (Å²) < 4.78 is 23.0. The predicted octanol–water partition coefficient (Wildman–Crippen LogP) is 20.3. The Labute approximate surface area is 619 Å². The zero-order valence-electron chi connectivity index (χ0n) is 65.2. The van der Waals surface area contributed by atoms with Gasteiger partial charge in [0.2, 0.25) is 5.91 Å². The molecule has 0 aromatic heterocycles. The Bertz CT molecular complexity index is 1930. The number of aliphatic hydroxyl groups excluding tert-OH is 8. The van der Waals surface area contributed by atoms with Crippen molar-refractivity contribution in [2.75, 3.05) is 19.8 Å². The van der Waals surface area contributed by atoms with Gasteiger partial charge in [-0.25, -0.2) is 0 Å². The number of carbonyl (C=O) groups excluding carboxylic acids is 1. The van der Waals surface area contributed by atoms with Crippen molar-refractivity contribution in [3.63, 3.8) is 0 Å². The normalized spacial score (nSPS) is 22.0. The first-order valence-electron chi connectivity index (χ1n) is 43.0. The van der Waals surface area contributed by atoms with E-state index in [-0.39, 0.29) is 18.9 Å². The summed E-state index contributed by atoms with van der Waals surface area (Å²) in [7, 11) is 0. The maximum Gasteiger partial charge on any atom is 0.220 e. The van der Waals surface area contributed by atoms with Crippen LogP contribution >= 0.6 is 0 Å². The van der Waals surface area contributed by atoms with Gasteiger partial charge in [0.25, 0.3) is 0 Å². The minimum atomic E-state index is -1.79.